The third kappa shape index (κ3) is 3.84. The third-order valence-electron chi connectivity index (χ3n) is 4.15. The highest BCUT2D eigenvalue weighted by Gasteiger charge is 2.27. The van der Waals surface area contributed by atoms with Crippen LogP contribution in [0.15, 0.2) is 4.52 Å². The van der Waals surface area contributed by atoms with Crippen LogP contribution in [0.3, 0.4) is 0 Å². The maximum Gasteiger partial charge on any atom is 0.303 e. The average molecular weight is 279 g/mol. The predicted molar refractivity (Wildman–Crippen MR) is 76.8 cm³/mol. The van der Waals surface area contributed by atoms with Gasteiger partial charge in [0.1, 0.15) is 5.76 Å². The van der Waals surface area contributed by atoms with E-state index in [4.69, 9.17) is 9.63 Å². The van der Waals surface area contributed by atoms with Gasteiger partial charge in [0.15, 0.2) is 0 Å². The highest BCUT2D eigenvalue weighted by Crippen LogP contribution is 2.37. The summed E-state index contributed by atoms with van der Waals surface area (Å²) in [6, 6.07) is 0. The van der Waals surface area contributed by atoms with E-state index in [2.05, 4.69) is 19.0 Å². The van der Waals surface area contributed by atoms with Gasteiger partial charge in [-0.2, -0.15) is 0 Å². The van der Waals surface area contributed by atoms with Gasteiger partial charge in [0.05, 0.1) is 5.69 Å². The van der Waals surface area contributed by atoms with Gasteiger partial charge in [-0.15, -0.1) is 0 Å². The SMILES string of the molecule is CC(C)CCC1CCCc2c(CCCC(=O)O)noc21. The van der Waals surface area contributed by atoms with E-state index in [-0.39, 0.29) is 6.42 Å². The van der Waals surface area contributed by atoms with Crippen molar-refractivity contribution in [3.63, 3.8) is 0 Å². The summed E-state index contributed by atoms with van der Waals surface area (Å²) in [6.45, 7) is 4.50. The van der Waals surface area contributed by atoms with Gasteiger partial charge in [-0.1, -0.05) is 25.4 Å². The normalized spacial score (nSPS) is 18.2. The molecule has 1 aromatic heterocycles. The molecule has 1 aliphatic rings. The number of aliphatic carboxylic acids is 1. The lowest BCUT2D eigenvalue weighted by molar-refractivity contribution is -0.137. The zero-order valence-electron chi connectivity index (χ0n) is 12.5. The number of nitrogens with zero attached hydrogens (tertiary/aromatic N) is 1. The smallest absolute Gasteiger partial charge is 0.303 e. The molecule has 0 fully saturated rings. The Balaban J connectivity index is 1.99. The summed E-state index contributed by atoms with van der Waals surface area (Å²) in [5.74, 6) is 1.58. The van der Waals surface area contributed by atoms with E-state index in [1.165, 1.54) is 31.2 Å². The molecule has 0 aliphatic heterocycles. The van der Waals surface area contributed by atoms with Gasteiger partial charge in [0.25, 0.3) is 0 Å². The Bertz CT molecular complexity index is 451. The summed E-state index contributed by atoms with van der Waals surface area (Å²) in [6.07, 6.45) is 7.41. The molecule has 0 bridgehead atoms. The van der Waals surface area contributed by atoms with Crippen molar-refractivity contribution in [3.05, 3.63) is 17.0 Å². The molecule has 1 atom stereocenters. The summed E-state index contributed by atoms with van der Waals surface area (Å²) >= 11 is 0. The number of hydrogen-bond acceptors (Lipinski definition) is 3. The van der Waals surface area contributed by atoms with Crippen LogP contribution >= 0.6 is 0 Å². The zero-order valence-corrected chi connectivity index (χ0v) is 12.5. The summed E-state index contributed by atoms with van der Waals surface area (Å²) in [5, 5.41) is 12.9. The third-order valence-corrected chi connectivity index (χ3v) is 4.15. The number of carbonyl (C=O) groups is 1. The van der Waals surface area contributed by atoms with Crippen molar-refractivity contribution in [2.45, 2.75) is 71.1 Å². The molecule has 1 heterocycles. The molecule has 112 valence electrons. The van der Waals surface area contributed by atoms with E-state index in [0.29, 0.717) is 12.3 Å². The Morgan fingerprint density at radius 1 is 1.50 bits per heavy atom. The molecule has 0 saturated heterocycles. The van der Waals surface area contributed by atoms with Crippen molar-refractivity contribution in [1.29, 1.82) is 0 Å². The monoisotopic (exact) mass is 279 g/mol. The van der Waals surface area contributed by atoms with Crippen LogP contribution < -0.4 is 0 Å². The van der Waals surface area contributed by atoms with Gasteiger partial charge >= 0.3 is 5.97 Å². The number of carboxylic acids is 1. The molecule has 20 heavy (non-hydrogen) atoms. The van der Waals surface area contributed by atoms with Crippen molar-refractivity contribution in [2.24, 2.45) is 5.92 Å². The molecule has 0 amide bonds. The number of hydrogen-bond donors (Lipinski definition) is 1. The van der Waals surface area contributed by atoms with Gasteiger partial charge in [0, 0.05) is 17.9 Å². The Labute approximate surface area is 120 Å². The van der Waals surface area contributed by atoms with Gasteiger partial charge < -0.3 is 9.63 Å². The van der Waals surface area contributed by atoms with Crippen LogP contribution in [0.5, 0.6) is 0 Å². The molecule has 0 radical (unpaired) electrons. The molecule has 1 N–H and O–H groups in total. The Morgan fingerprint density at radius 3 is 3.00 bits per heavy atom. The minimum atomic E-state index is -0.739. The van der Waals surface area contributed by atoms with E-state index in [1.807, 2.05) is 0 Å². The second-order valence-corrected chi connectivity index (χ2v) is 6.28. The Morgan fingerprint density at radius 2 is 2.30 bits per heavy atom. The van der Waals surface area contributed by atoms with Crippen LogP contribution in [0.1, 0.15) is 75.3 Å². The number of fused-ring (bicyclic) bond motifs is 1. The van der Waals surface area contributed by atoms with Crippen molar-refractivity contribution in [3.8, 4) is 0 Å². The van der Waals surface area contributed by atoms with Crippen molar-refractivity contribution >= 4 is 5.97 Å². The summed E-state index contributed by atoms with van der Waals surface area (Å²) in [7, 11) is 0. The van der Waals surface area contributed by atoms with E-state index in [0.717, 1.165) is 30.2 Å². The fourth-order valence-electron chi connectivity index (χ4n) is 3.01. The predicted octanol–water partition coefficient (Wildman–Crippen LogP) is 3.94. The van der Waals surface area contributed by atoms with Gasteiger partial charge in [-0.05, 0) is 44.4 Å². The van der Waals surface area contributed by atoms with E-state index in [9.17, 15) is 4.79 Å². The van der Waals surface area contributed by atoms with E-state index >= 15 is 0 Å². The van der Waals surface area contributed by atoms with Crippen molar-refractivity contribution < 1.29 is 14.4 Å². The first-order valence-electron chi connectivity index (χ1n) is 7.77. The second kappa shape index (κ2) is 6.91. The molecular formula is C16H25NO3. The fourth-order valence-corrected chi connectivity index (χ4v) is 3.01. The molecule has 0 saturated carbocycles. The number of carboxylic acid groups (broad SMARTS) is 1. The maximum atomic E-state index is 10.6. The van der Waals surface area contributed by atoms with E-state index in [1.54, 1.807) is 0 Å². The van der Waals surface area contributed by atoms with Crippen LogP contribution in [-0.2, 0) is 17.6 Å². The second-order valence-electron chi connectivity index (χ2n) is 6.28. The Kier molecular flexibility index (Phi) is 5.21. The van der Waals surface area contributed by atoms with Crippen LogP contribution in [0.2, 0.25) is 0 Å². The van der Waals surface area contributed by atoms with Crippen molar-refractivity contribution in [2.75, 3.05) is 0 Å². The van der Waals surface area contributed by atoms with Crippen LogP contribution in [0.4, 0.5) is 0 Å². The van der Waals surface area contributed by atoms with Gasteiger partial charge in [-0.25, -0.2) is 0 Å². The van der Waals surface area contributed by atoms with E-state index < -0.39 is 5.97 Å². The summed E-state index contributed by atoms with van der Waals surface area (Å²) < 4.78 is 5.59. The number of aromatic nitrogens is 1. The molecule has 1 aromatic rings. The maximum absolute atomic E-state index is 10.6. The largest absolute Gasteiger partial charge is 0.481 e. The van der Waals surface area contributed by atoms with Crippen LogP contribution in [-0.4, -0.2) is 16.2 Å². The fraction of sp³-hybridized carbons (Fsp3) is 0.750. The first-order valence-corrected chi connectivity index (χ1v) is 7.77. The van der Waals surface area contributed by atoms with Gasteiger partial charge in [0.2, 0.25) is 0 Å². The topological polar surface area (TPSA) is 63.3 Å². The lowest BCUT2D eigenvalue weighted by Gasteiger charge is -2.21. The molecule has 0 aromatic carbocycles. The Hall–Kier alpha value is -1.32. The van der Waals surface area contributed by atoms with Gasteiger partial charge in [-0.3, -0.25) is 4.79 Å². The number of aryl methyl sites for hydroxylation is 1. The van der Waals surface area contributed by atoms with Crippen LogP contribution in [0, 0.1) is 5.92 Å². The molecule has 2 rings (SSSR count). The molecule has 0 spiro atoms. The minimum absolute atomic E-state index is 0.207. The number of rotatable bonds is 7. The molecule has 1 unspecified atom stereocenters. The molecule has 4 nitrogen and oxygen atoms in total. The van der Waals surface area contributed by atoms with Crippen molar-refractivity contribution in [1.82, 2.24) is 5.16 Å². The molecule has 1 aliphatic carbocycles. The molecule has 4 heteroatoms. The average Bonchev–Trinajstić information content (AvgIpc) is 2.80. The summed E-state index contributed by atoms with van der Waals surface area (Å²) in [4.78, 5) is 10.6. The first kappa shape index (κ1) is 15.1. The highest BCUT2D eigenvalue weighted by molar-refractivity contribution is 5.66. The summed E-state index contributed by atoms with van der Waals surface area (Å²) in [5.41, 5.74) is 2.27. The molecular weight excluding hydrogens is 254 g/mol. The standard InChI is InChI=1S/C16H25NO3/c1-11(2)9-10-12-5-3-6-13-14(17-20-16(12)13)7-4-8-15(18)19/h11-12H,3-10H2,1-2H3,(H,18,19). The lowest BCUT2D eigenvalue weighted by atomic mass is 9.83. The minimum Gasteiger partial charge on any atom is -0.481 e. The quantitative estimate of drug-likeness (QED) is 0.821. The van der Waals surface area contributed by atoms with Crippen LogP contribution in [0.25, 0.3) is 0 Å². The first-order chi connectivity index (χ1) is 9.58. The zero-order chi connectivity index (χ0) is 14.5. The lowest BCUT2D eigenvalue weighted by Crippen LogP contribution is -2.10. The highest BCUT2D eigenvalue weighted by atomic mass is 16.5.